The van der Waals surface area contributed by atoms with Crippen molar-refractivity contribution in [1.82, 2.24) is 9.97 Å². The van der Waals surface area contributed by atoms with Crippen LogP contribution in [0.15, 0.2) is 18.2 Å². The number of halogens is 3. The first kappa shape index (κ1) is 14.9. The lowest BCUT2D eigenvalue weighted by Crippen LogP contribution is -2.15. The summed E-state index contributed by atoms with van der Waals surface area (Å²) in [6.45, 7) is 1.66. The molecule has 4 N–H and O–H groups in total. The summed E-state index contributed by atoms with van der Waals surface area (Å²) in [5.74, 6) is -0.621. The highest BCUT2D eigenvalue weighted by molar-refractivity contribution is 5.73. The maximum atomic E-state index is 13.2. The Morgan fingerprint density at radius 3 is 2.38 bits per heavy atom. The van der Waals surface area contributed by atoms with Crippen LogP contribution in [0, 0.1) is 6.92 Å². The van der Waals surface area contributed by atoms with Crippen LogP contribution in [0.5, 0.6) is 5.75 Å². The first-order valence-electron chi connectivity index (χ1n) is 5.89. The number of ether oxygens (including phenoxy) is 1. The molecule has 1 aromatic heterocycles. The van der Waals surface area contributed by atoms with E-state index in [0.29, 0.717) is 11.3 Å². The summed E-state index contributed by atoms with van der Waals surface area (Å²) >= 11 is 0. The predicted octanol–water partition coefficient (Wildman–Crippen LogP) is 2.64. The van der Waals surface area contributed by atoms with Crippen molar-refractivity contribution in [3.8, 4) is 17.0 Å². The fraction of sp³-hybridized carbons (Fsp3) is 0.231. The molecule has 21 heavy (non-hydrogen) atoms. The van der Waals surface area contributed by atoms with Gasteiger partial charge in [-0.3, -0.25) is 0 Å². The van der Waals surface area contributed by atoms with E-state index in [1.54, 1.807) is 19.1 Å². The third-order valence-electron chi connectivity index (χ3n) is 2.94. The molecule has 0 aliphatic heterocycles. The van der Waals surface area contributed by atoms with Crippen LogP contribution in [-0.2, 0) is 6.18 Å². The number of hydrogen-bond acceptors (Lipinski definition) is 5. The van der Waals surface area contributed by atoms with Crippen molar-refractivity contribution >= 4 is 11.8 Å². The van der Waals surface area contributed by atoms with E-state index in [1.807, 2.05) is 0 Å². The molecule has 0 spiro atoms. The molecule has 2 rings (SSSR count). The van der Waals surface area contributed by atoms with E-state index in [0.717, 1.165) is 0 Å². The Balaban J connectivity index is 2.80. The summed E-state index contributed by atoms with van der Waals surface area (Å²) in [5.41, 5.74) is 10.2. The van der Waals surface area contributed by atoms with Crippen molar-refractivity contribution in [3.05, 3.63) is 29.3 Å². The second kappa shape index (κ2) is 5.12. The largest absolute Gasteiger partial charge is 0.497 e. The number of aromatic nitrogens is 2. The van der Waals surface area contributed by atoms with Crippen molar-refractivity contribution in [2.75, 3.05) is 18.6 Å². The average molecular weight is 298 g/mol. The number of anilines is 2. The standard InChI is InChI=1S/C13H13F3N4O/c1-6-3-4-7(21-2)5-8(6)10-9(13(14,15)16)11(17)20-12(18)19-10/h3-5H,1-2H3,(H4,17,18,19,20). The van der Waals surface area contributed by atoms with E-state index in [9.17, 15) is 13.2 Å². The zero-order valence-corrected chi connectivity index (χ0v) is 11.3. The van der Waals surface area contributed by atoms with E-state index in [-0.39, 0.29) is 17.2 Å². The number of hydrogen-bond donors (Lipinski definition) is 2. The second-order valence-corrected chi connectivity index (χ2v) is 4.37. The van der Waals surface area contributed by atoms with Gasteiger partial charge in [0, 0.05) is 5.56 Å². The molecule has 0 radical (unpaired) electrons. The fourth-order valence-corrected chi connectivity index (χ4v) is 1.95. The number of alkyl halides is 3. The van der Waals surface area contributed by atoms with Crippen LogP contribution in [-0.4, -0.2) is 17.1 Å². The van der Waals surface area contributed by atoms with Crippen LogP contribution in [0.3, 0.4) is 0 Å². The first-order valence-corrected chi connectivity index (χ1v) is 5.89. The van der Waals surface area contributed by atoms with E-state index < -0.39 is 17.6 Å². The fourth-order valence-electron chi connectivity index (χ4n) is 1.95. The molecule has 0 saturated carbocycles. The molecule has 1 heterocycles. The molecule has 112 valence electrons. The smallest absolute Gasteiger partial charge is 0.422 e. The Morgan fingerprint density at radius 2 is 1.81 bits per heavy atom. The van der Waals surface area contributed by atoms with E-state index >= 15 is 0 Å². The third-order valence-corrected chi connectivity index (χ3v) is 2.94. The number of nitrogens with zero attached hydrogens (tertiary/aromatic N) is 2. The zero-order valence-electron chi connectivity index (χ0n) is 11.3. The van der Waals surface area contributed by atoms with Gasteiger partial charge in [0.1, 0.15) is 17.1 Å². The summed E-state index contributed by atoms with van der Waals surface area (Å²) in [6, 6.07) is 4.72. The molecule has 0 aliphatic carbocycles. The number of nitrogen functional groups attached to an aromatic ring is 2. The Labute approximate surface area is 118 Å². The van der Waals surface area contributed by atoms with Crippen LogP contribution in [0.1, 0.15) is 11.1 Å². The van der Waals surface area contributed by atoms with Crippen LogP contribution >= 0.6 is 0 Å². The van der Waals surface area contributed by atoms with Crippen LogP contribution < -0.4 is 16.2 Å². The minimum Gasteiger partial charge on any atom is -0.497 e. The Morgan fingerprint density at radius 1 is 1.14 bits per heavy atom. The highest BCUT2D eigenvalue weighted by atomic mass is 19.4. The number of benzene rings is 1. The number of methoxy groups -OCH3 is 1. The lowest BCUT2D eigenvalue weighted by Gasteiger charge is -2.16. The van der Waals surface area contributed by atoms with Gasteiger partial charge in [0.05, 0.1) is 12.8 Å². The minimum atomic E-state index is -4.69. The Bertz CT molecular complexity index is 686. The predicted molar refractivity (Wildman–Crippen MR) is 72.6 cm³/mol. The van der Waals surface area contributed by atoms with Crippen molar-refractivity contribution in [2.24, 2.45) is 0 Å². The molecule has 0 amide bonds. The van der Waals surface area contributed by atoms with Gasteiger partial charge < -0.3 is 16.2 Å². The molecule has 2 aromatic rings. The molecule has 1 aromatic carbocycles. The molecule has 0 fully saturated rings. The maximum absolute atomic E-state index is 13.2. The third kappa shape index (κ3) is 2.83. The summed E-state index contributed by atoms with van der Waals surface area (Å²) < 4.78 is 44.7. The molecule has 0 aliphatic rings. The van der Waals surface area contributed by atoms with Gasteiger partial charge in [-0.05, 0) is 24.6 Å². The van der Waals surface area contributed by atoms with Gasteiger partial charge in [0.25, 0.3) is 0 Å². The Kier molecular flexibility index (Phi) is 3.63. The molecule has 0 unspecified atom stereocenters. The normalized spacial score (nSPS) is 11.5. The monoisotopic (exact) mass is 298 g/mol. The maximum Gasteiger partial charge on any atom is 0.422 e. The van der Waals surface area contributed by atoms with Crippen molar-refractivity contribution < 1.29 is 17.9 Å². The summed E-state index contributed by atoms with van der Waals surface area (Å²) in [5, 5.41) is 0. The molecule has 0 atom stereocenters. The molecule has 8 heteroatoms. The molecule has 0 saturated heterocycles. The number of rotatable bonds is 2. The molecular weight excluding hydrogens is 285 g/mol. The van der Waals surface area contributed by atoms with Gasteiger partial charge in [-0.15, -0.1) is 0 Å². The second-order valence-electron chi connectivity index (χ2n) is 4.37. The number of aryl methyl sites for hydroxylation is 1. The summed E-state index contributed by atoms with van der Waals surface area (Å²) in [7, 11) is 1.42. The highest BCUT2D eigenvalue weighted by Crippen LogP contribution is 2.40. The SMILES string of the molecule is COc1ccc(C)c(-c2nc(N)nc(N)c2C(F)(F)F)c1. The quantitative estimate of drug-likeness (QED) is 0.890. The molecular formula is C13H13F3N4O. The van der Waals surface area contributed by atoms with E-state index in [2.05, 4.69) is 9.97 Å². The van der Waals surface area contributed by atoms with Gasteiger partial charge >= 0.3 is 6.18 Å². The Hall–Kier alpha value is -2.51. The number of nitrogens with two attached hydrogens (primary N) is 2. The lowest BCUT2D eigenvalue weighted by atomic mass is 10.0. The van der Waals surface area contributed by atoms with Crippen LogP contribution in [0.4, 0.5) is 24.9 Å². The van der Waals surface area contributed by atoms with Gasteiger partial charge in [0.2, 0.25) is 5.95 Å². The minimum absolute atomic E-state index is 0.238. The van der Waals surface area contributed by atoms with Gasteiger partial charge in [-0.1, -0.05) is 6.07 Å². The summed E-state index contributed by atoms with van der Waals surface area (Å²) in [6.07, 6.45) is -4.69. The first-order chi connectivity index (χ1) is 9.74. The van der Waals surface area contributed by atoms with E-state index in [1.165, 1.54) is 13.2 Å². The summed E-state index contributed by atoms with van der Waals surface area (Å²) in [4.78, 5) is 7.11. The van der Waals surface area contributed by atoms with E-state index in [4.69, 9.17) is 16.2 Å². The van der Waals surface area contributed by atoms with Crippen molar-refractivity contribution in [1.29, 1.82) is 0 Å². The highest BCUT2D eigenvalue weighted by Gasteiger charge is 2.38. The lowest BCUT2D eigenvalue weighted by molar-refractivity contribution is -0.136. The van der Waals surface area contributed by atoms with Gasteiger partial charge in [-0.2, -0.15) is 18.2 Å². The topological polar surface area (TPSA) is 87.0 Å². The van der Waals surface area contributed by atoms with Gasteiger partial charge in [0.15, 0.2) is 0 Å². The van der Waals surface area contributed by atoms with Crippen molar-refractivity contribution in [3.63, 3.8) is 0 Å². The zero-order chi connectivity index (χ0) is 15.8. The molecule has 5 nitrogen and oxygen atoms in total. The van der Waals surface area contributed by atoms with Crippen molar-refractivity contribution in [2.45, 2.75) is 13.1 Å². The van der Waals surface area contributed by atoms with Crippen LogP contribution in [0.25, 0.3) is 11.3 Å². The molecule has 0 bridgehead atoms. The van der Waals surface area contributed by atoms with Crippen LogP contribution in [0.2, 0.25) is 0 Å². The average Bonchev–Trinajstić information content (AvgIpc) is 2.36. The van der Waals surface area contributed by atoms with Gasteiger partial charge in [-0.25, -0.2) is 4.98 Å².